The predicted octanol–water partition coefficient (Wildman–Crippen LogP) is 2.63. The number of benzene rings is 2. The fourth-order valence-electron chi connectivity index (χ4n) is 4.09. The van der Waals surface area contributed by atoms with Crippen molar-refractivity contribution in [3.8, 4) is 0 Å². The molecule has 2 aromatic rings. The second-order valence-electron chi connectivity index (χ2n) is 8.14. The summed E-state index contributed by atoms with van der Waals surface area (Å²) in [5, 5.41) is 0. The zero-order valence-corrected chi connectivity index (χ0v) is 19.1. The van der Waals surface area contributed by atoms with Crippen LogP contribution in [0.4, 0.5) is 0 Å². The molecule has 0 saturated carbocycles. The monoisotopic (exact) mass is 470 g/mol. The molecular formula is C24H26N2O6S. The van der Waals surface area contributed by atoms with Crippen LogP contribution in [-0.4, -0.2) is 61.6 Å². The molecule has 2 aliphatic heterocycles. The Hall–Kier alpha value is -3.04. The van der Waals surface area contributed by atoms with E-state index in [0.717, 1.165) is 29.7 Å². The Morgan fingerprint density at radius 2 is 1.48 bits per heavy atom. The van der Waals surface area contributed by atoms with Crippen LogP contribution in [0.15, 0.2) is 53.4 Å². The van der Waals surface area contributed by atoms with Gasteiger partial charge in [0.2, 0.25) is 10.0 Å². The zero-order chi connectivity index (χ0) is 23.4. The van der Waals surface area contributed by atoms with Gasteiger partial charge in [-0.05, 0) is 49.1 Å². The molecule has 2 heterocycles. The minimum atomic E-state index is -3.48. The van der Waals surface area contributed by atoms with Crippen molar-refractivity contribution in [2.24, 2.45) is 0 Å². The van der Waals surface area contributed by atoms with Crippen LogP contribution in [0.3, 0.4) is 0 Å². The molecule has 0 spiro atoms. The van der Waals surface area contributed by atoms with Gasteiger partial charge in [-0.2, -0.15) is 4.31 Å². The van der Waals surface area contributed by atoms with E-state index in [1.165, 1.54) is 4.31 Å². The normalized spacial score (nSPS) is 16.7. The smallest absolute Gasteiger partial charge is 0.306 e. The van der Waals surface area contributed by atoms with Crippen LogP contribution in [0.2, 0.25) is 0 Å². The van der Waals surface area contributed by atoms with E-state index in [-0.39, 0.29) is 36.3 Å². The minimum absolute atomic E-state index is 0.00113. The van der Waals surface area contributed by atoms with Crippen molar-refractivity contribution >= 4 is 27.8 Å². The highest BCUT2D eigenvalue weighted by atomic mass is 32.2. The lowest BCUT2D eigenvalue weighted by atomic mass is 10.1. The number of fused-ring (bicyclic) bond motifs is 1. The molecule has 33 heavy (non-hydrogen) atoms. The number of amides is 2. The van der Waals surface area contributed by atoms with Gasteiger partial charge in [-0.25, -0.2) is 8.42 Å². The molecule has 1 saturated heterocycles. The molecule has 0 bridgehead atoms. The minimum Gasteiger partial charge on any atom is -0.464 e. The lowest BCUT2D eigenvalue weighted by molar-refractivity contribution is -0.143. The maximum Gasteiger partial charge on any atom is 0.306 e. The van der Waals surface area contributed by atoms with Crippen LogP contribution >= 0.6 is 0 Å². The molecule has 0 N–H and O–H groups in total. The Bertz CT molecular complexity index is 1120. The highest BCUT2D eigenvalue weighted by Crippen LogP contribution is 2.23. The van der Waals surface area contributed by atoms with Crippen molar-refractivity contribution in [3.05, 3.63) is 65.2 Å². The fraction of sp³-hybridized carbons (Fsp3) is 0.375. The number of imide groups is 1. The average Bonchev–Trinajstić information content (AvgIpc) is 3.08. The number of aryl methyl sites for hydroxylation is 1. The van der Waals surface area contributed by atoms with Crippen LogP contribution in [-0.2, 0) is 26.0 Å². The number of ether oxygens (including phenoxy) is 1. The number of hydrogen-bond acceptors (Lipinski definition) is 6. The Morgan fingerprint density at radius 1 is 0.879 bits per heavy atom. The van der Waals surface area contributed by atoms with E-state index in [9.17, 15) is 22.8 Å². The van der Waals surface area contributed by atoms with E-state index in [0.29, 0.717) is 30.6 Å². The molecule has 4 rings (SSSR count). The summed E-state index contributed by atoms with van der Waals surface area (Å²) in [6, 6.07) is 13.2. The largest absolute Gasteiger partial charge is 0.464 e. The fourth-order valence-corrected chi connectivity index (χ4v) is 5.61. The van der Waals surface area contributed by atoms with Gasteiger partial charge in [0.05, 0.1) is 22.6 Å². The quantitative estimate of drug-likeness (QED) is 0.434. The molecule has 0 aliphatic carbocycles. The predicted molar refractivity (Wildman–Crippen MR) is 120 cm³/mol. The maximum absolute atomic E-state index is 12.7. The topological polar surface area (TPSA) is 101 Å². The van der Waals surface area contributed by atoms with Gasteiger partial charge in [0, 0.05) is 19.5 Å². The lowest BCUT2D eigenvalue weighted by Gasteiger charge is -2.25. The van der Waals surface area contributed by atoms with Crippen LogP contribution in [0, 0.1) is 0 Å². The van der Waals surface area contributed by atoms with Crippen molar-refractivity contribution in [2.45, 2.75) is 37.0 Å². The van der Waals surface area contributed by atoms with E-state index < -0.39 is 16.0 Å². The van der Waals surface area contributed by atoms with Gasteiger partial charge in [-0.1, -0.05) is 30.7 Å². The molecule has 1 fully saturated rings. The molecule has 0 atom stereocenters. The van der Waals surface area contributed by atoms with Gasteiger partial charge in [-0.3, -0.25) is 19.3 Å². The van der Waals surface area contributed by atoms with Gasteiger partial charge in [0.1, 0.15) is 6.61 Å². The van der Waals surface area contributed by atoms with Gasteiger partial charge in [0.15, 0.2) is 0 Å². The van der Waals surface area contributed by atoms with E-state index in [1.807, 2.05) is 0 Å². The first-order chi connectivity index (χ1) is 15.9. The van der Waals surface area contributed by atoms with Crippen molar-refractivity contribution in [3.63, 3.8) is 0 Å². The summed E-state index contributed by atoms with van der Waals surface area (Å²) in [5.74, 6) is -1.21. The van der Waals surface area contributed by atoms with Crippen molar-refractivity contribution in [1.29, 1.82) is 0 Å². The average molecular weight is 471 g/mol. The Kier molecular flexibility index (Phi) is 6.90. The number of sulfonamides is 1. The summed E-state index contributed by atoms with van der Waals surface area (Å²) in [4.78, 5) is 38.1. The molecule has 9 heteroatoms. The number of nitrogens with zero attached hydrogens (tertiary/aromatic N) is 2. The first-order valence-electron chi connectivity index (χ1n) is 11.1. The summed E-state index contributed by atoms with van der Waals surface area (Å²) in [5.41, 5.74) is 1.55. The molecule has 2 aromatic carbocycles. The Labute approximate surface area is 193 Å². The standard InChI is InChI=1S/C24H26N2O6S/c27-22(32-17-16-26-23(28)20-6-2-3-7-21(20)24(26)29)13-10-18-8-11-19(12-9-18)33(30,31)25-14-4-1-5-15-25/h2-3,6-9,11-12H,1,4-5,10,13-17H2. The van der Waals surface area contributed by atoms with Gasteiger partial charge in [0.25, 0.3) is 11.8 Å². The van der Waals surface area contributed by atoms with Gasteiger partial charge >= 0.3 is 5.97 Å². The van der Waals surface area contributed by atoms with Crippen LogP contribution in [0.25, 0.3) is 0 Å². The second-order valence-corrected chi connectivity index (χ2v) is 10.1. The summed E-state index contributed by atoms with van der Waals surface area (Å²) in [7, 11) is -3.48. The molecule has 0 aromatic heterocycles. The molecular weight excluding hydrogens is 444 g/mol. The van der Waals surface area contributed by atoms with Crippen LogP contribution in [0.5, 0.6) is 0 Å². The van der Waals surface area contributed by atoms with E-state index in [4.69, 9.17) is 4.74 Å². The van der Waals surface area contributed by atoms with Crippen LogP contribution < -0.4 is 0 Å². The third-order valence-corrected chi connectivity index (χ3v) is 7.86. The molecule has 174 valence electrons. The van der Waals surface area contributed by atoms with Crippen molar-refractivity contribution < 1.29 is 27.5 Å². The number of piperidine rings is 1. The number of carbonyl (C=O) groups is 3. The van der Waals surface area contributed by atoms with Gasteiger partial charge in [-0.15, -0.1) is 0 Å². The van der Waals surface area contributed by atoms with E-state index >= 15 is 0 Å². The Morgan fingerprint density at radius 3 is 2.09 bits per heavy atom. The van der Waals surface area contributed by atoms with Crippen molar-refractivity contribution in [1.82, 2.24) is 9.21 Å². The SMILES string of the molecule is O=C(CCc1ccc(S(=O)(=O)N2CCCCC2)cc1)OCCN1C(=O)c2ccccc2C1=O. The summed E-state index contributed by atoms with van der Waals surface area (Å²) in [6.45, 7) is 1.03. The summed E-state index contributed by atoms with van der Waals surface area (Å²) < 4.78 is 32.1. The van der Waals surface area contributed by atoms with E-state index in [2.05, 4.69) is 0 Å². The first-order valence-corrected chi connectivity index (χ1v) is 12.5. The number of esters is 1. The van der Waals surface area contributed by atoms with Crippen LogP contribution in [0.1, 0.15) is 52.0 Å². The number of hydrogen-bond donors (Lipinski definition) is 0. The summed E-state index contributed by atoms with van der Waals surface area (Å²) in [6.07, 6.45) is 3.33. The van der Waals surface area contributed by atoms with Crippen molar-refractivity contribution in [2.75, 3.05) is 26.2 Å². The molecule has 0 radical (unpaired) electrons. The zero-order valence-electron chi connectivity index (χ0n) is 18.2. The highest BCUT2D eigenvalue weighted by molar-refractivity contribution is 7.89. The second kappa shape index (κ2) is 9.84. The lowest BCUT2D eigenvalue weighted by Crippen LogP contribution is -2.35. The maximum atomic E-state index is 12.7. The first kappa shape index (κ1) is 23.1. The number of rotatable bonds is 8. The molecule has 2 amide bonds. The highest BCUT2D eigenvalue weighted by Gasteiger charge is 2.34. The number of carbonyl (C=O) groups excluding carboxylic acids is 3. The molecule has 2 aliphatic rings. The molecule has 8 nitrogen and oxygen atoms in total. The Balaban J connectivity index is 1.23. The molecule has 0 unspecified atom stereocenters. The van der Waals surface area contributed by atoms with Gasteiger partial charge < -0.3 is 4.74 Å². The third kappa shape index (κ3) is 4.99. The van der Waals surface area contributed by atoms with E-state index in [1.54, 1.807) is 48.5 Å². The summed E-state index contributed by atoms with van der Waals surface area (Å²) >= 11 is 0. The third-order valence-electron chi connectivity index (χ3n) is 5.95.